The molecule has 1 aromatic rings. The highest BCUT2D eigenvalue weighted by molar-refractivity contribution is 5.90. The molecule has 1 saturated carbocycles. The zero-order valence-corrected chi connectivity index (χ0v) is 10.9. The van der Waals surface area contributed by atoms with Crippen LogP contribution in [0.5, 0.6) is 0 Å². The van der Waals surface area contributed by atoms with Crippen molar-refractivity contribution in [2.75, 3.05) is 5.32 Å². The molecular weight excluding hydrogens is 248 g/mol. The van der Waals surface area contributed by atoms with Crippen LogP contribution in [0.15, 0.2) is 18.2 Å². The number of carbonyl (C=O) groups excluding carboxylic acids is 1. The van der Waals surface area contributed by atoms with Crippen molar-refractivity contribution in [2.24, 2.45) is 5.92 Å². The highest BCUT2D eigenvalue weighted by atomic mass is 19.1. The third-order valence-electron chi connectivity index (χ3n) is 3.65. The maximum absolute atomic E-state index is 13.0. The molecule has 0 aliphatic heterocycles. The van der Waals surface area contributed by atoms with Crippen LogP contribution in [0.25, 0.3) is 0 Å². The minimum absolute atomic E-state index is 0.171. The normalized spacial score (nSPS) is 16.3. The second kappa shape index (κ2) is 6.64. The Kier molecular flexibility index (Phi) is 4.88. The average molecular weight is 267 g/mol. The van der Waals surface area contributed by atoms with Crippen molar-refractivity contribution in [3.8, 4) is 0 Å². The molecule has 1 aliphatic carbocycles. The van der Waals surface area contributed by atoms with Gasteiger partial charge < -0.3 is 5.32 Å². The summed E-state index contributed by atoms with van der Waals surface area (Å²) >= 11 is 0. The molecule has 0 radical (unpaired) electrons. The first-order valence-electron chi connectivity index (χ1n) is 6.89. The number of nitrogens with one attached hydrogen (secondary N) is 1. The standard InChI is InChI=1S/C15H19F2NO/c16-12-8-13(17)10-14(9-12)18-15(19)7-6-11-4-2-1-3-5-11/h8-11H,1-7H2,(H,18,19). The van der Waals surface area contributed by atoms with Crippen molar-refractivity contribution < 1.29 is 13.6 Å². The number of hydrogen-bond acceptors (Lipinski definition) is 1. The topological polar surface area (TPSA) is 29.1 Å². The minimum Gasteiger partial charge on any atom is -0.326 e. The van der Waals surface area contributed by atoms with Gasteiger partial charge in [0.1, 0.15) is 11.6 Å². The molecular formula is C15H19F2NO. The third-order valence-corrected chi connectivity index (χ3v) is 3.65. The number of benzene rings is 1. The van der Waals surface area contributed by atoms with Gasteiger partial charge in [0.25, 0.3) is 0 Å². The summed E-state index contributed by atoms with van der Waals surface area (Å²) in [7, 11) is 0. The molecule has 0 saturated heterocycles. The largest absolute Gasteiger partial charge is 0.326 e. The SMILES string of the molecule is O=C(CCC1CCCCC1)Nc1cc(F)cc(F)c1. The fourth-order valence-corrected chi connectivity index (χ4v) is 2.66. The van der Waals surface area contributed by atoms with Crippen LogP contribution >= 0.6 is 0 Å². The molecule has 1 aromatic carbocycles. The number of carbonyl (C=O) groups is 1. The Morgan fingerprint density at radius 3 is 2.37 bits per heavy atom. The van der Waals surface area contributed by atoms with Gasteiger partial charge in [-0.3, -0.25) is 4.79 Å². The summed E-state index contributed by atoms with van der Waals surface area (Å²) in [6, 6.07) is 3.04. The van der Waals surface area contributed by atoms with E-state index < -0.39 is 11.6 Å². The van der Waals surface area contributed by atoms with Crippen molar-refractivity contribution >= 4 is 11.6 Å². The Morgan fingerprint density at radius 1 is 1.11 bits per heavy atom. The van der Waals surface area contributed by atoms with Crippen LogP contribution in [0.1, 0.15) is 44.9 Å². The van der Waals surface area contributed by atoms with E-state index in [1.165, 1.54) is 32.1 Å². The van der Waals surface area contributed by atoms with E-state index in [-0.39, 0.29) is 11.6 Å². The van der Waals surface area contributed by atoms with Crippen LogP contribution in [-0.4, -0.2) is 5.91 Å². The first kappa shape index (κ1) is 14.0. The quantitative estimate of drug-likeness (QED) is 0.867. The van der Waals surface area contributed by atoms with E-state index >= 15 is 0 Å². The van der Waals surface area contributed by atoms with Crippen LogP contribution in [0.2, 0.25) is 0 Å². The summed E-state index contributed by atoms with van der Waals surface area (Å²) in [6.45, 7) is 0. The van der Waals surface area contributed by atoms with Gasteiger partial charge in [0.15, 0.2) is 0 Å². The van der Waals surface area contributed by atoms with E-state index in [0.29, 0.717) is 12.3 Å². The van der Waals surface area contributed by atoms with Crippen molar-refractivity contribution in [1.82, 2.24) is 0 Å². The molecule has 4 heteroatoms. The van der Waals surface area contributed by atoms with E-state index in [0.717, 1.165) is 24.6 Å². The van der Waals surface area contributed by atoms with Crippen LogP contribution in [0, 0.1) is 17.6 Å². The van der Waals surface area contributed by atoms with E-state index in [4.69, 9.17) is 0 Å². The van der Waals surface area contributed by atoms with E-state index in [9.17, 15) is 13.6 Å². The lowest BCUT2D eigenvalue weighted by Crippen LogP contribution is -2.15. The molecule has 19 heavy (non-hydrogen) atoms. The first-order valence-corrected chi connectivity index (χ1v) is 6.89. The average Bonchev–Trinajstić information content (AvgIpc) is 2.36. The maximum Gasteiger partial charge on any atom is 0.224 e. The molecule has 2 nitrogen and oxygen atoms in total. The Morgan fingerprint density at radius 2 is 1.74 bits per heavy atom. The summed E-state index contributed by atoms with van der Waals surface area (Å²) < 4.78 is 25.9. The molecule has 1 fully saturated rings. The monoisotopic (exact) mass is 267 g/mol. The summed E-state index contributed by atoms with van der Waals surface area (Å²) in [5.41, 5.74) is 0.186. The van der Waals surface area contributed by atoms with Crippen LogP contribution in [0.3, 0.4) is 0 Å². The molecule has 1 aliphatic rings. The van der Waals surface area contributed by atoms with Gasteiger partial charge in [-0.1, -0.05) is 32.1 Å². The fraction of sp³-hybridized carbons (Fsp3) is 0.533. The minimum atomic E-state index is -0.678. The molecule has 2 rings (SSSR count). The lowest BCUT2D eigenvalue weighted by atomic mass is 9.86. The summed E-state index contributed by atoms with van der Waals surface area (Å²) in [4.78, 5) is 11.7. The maximum atomic E-state index is 13.0. The lowest BCUT2D eigenvalue weighted by molar-refractivity contribution is -0.116. The predicted molar refractivity (Wildman–Crippen MR) is 70.8 cm³/mol. The van der Waals surface area contributed by atoms with Gasteiger partial charge in [-0.15, -0.1) is 0 Å². The smallest absolute Gasteiger partial charge is 0.224 e. The molecule has 0 unspecified atom stereocenters. The van der Waals surface area contributed by atoms with Crippen molar-refractivity contribution in [2.45, 2.75) is 44.9 Å². The van der Waals surface area contributed by atoms with Gasteiger partial charge in [0.05, 0.1) is 0 Å². The van der Waals surface area contributed by atoms with Crippen LogP contribution in [-0.2, 0) is 4.79 Å². The molecule has 0 spiro atoms. The number of rotatable bonds is 4. The van der Waals surface area contributed by atoms with E-state index in [1.807, 2.05) is 0 Å². The molecule has 1 N–H and O–H groups in total. The molecule has 1 amide bonds. The summed E-state index contributed by atoms with van der Waals surface area (Å²) in [5, 5.41) is 2.54. The molecule has 0 heterocycles. The number of halogens is 2. The van der Waals surface area contributed by atoms with Gasteiger partial charge in [-0.2, -0.15) is 0 Å². The van der Waals surface area contributed by atoms with Gasteiger partial charge in [-0.05, 0) is 24.5 Å². The summed E-state index contributed by atoms with van der Waals surface area (Å²) in [5.74, 6) is -0.899. The number of hydrogen-bond donors (Lipinski definition) is 1. The Balaban J connectivity index is 1.80. The Hall–Kier alpha value is -1.45. The number of amides is 1. The third kappa shape index (κ3) is 4.62. The van der Waals surface area contributed by atoms with Crippen molar-refractivity contribution in [1.29, 1.82) is 0 Å². The highest BCUT2D eigenvalue weighted by Crippen LogP contribution is 2.27. The Bertz CT molecular complexity index is 422. The van der Waals surface area contributed by atoms with Gasteiger partial charge in [0, 0.05) is 18.2 Å². The summed E-state index contributed by atoms with van der Waals surface area (Å²) in [6.07, 6.45) is 7.48. The zero-order valence-electron chi connectivity index (χ0n) is 10.9. The van der Waals surface area contributed by atoms with E-state index in [1.54, 1.807) is 0 Å². The molecule has 104 valence electrons. The lowest BCUT2D eigenvalue weighted by Gasteiger charge is -2.20. The molecule has 0 aromatic heterocycles. The Labute approximate surface area is 112 Å². The second-order valence-corrected chi connectivity index (χ2v) is 5.25. The highest BCUT2D eigenvalue weighted by Gasteiger charge is 2.15. The van der Waals surface area contributed by atoms with Gasteiger partial charge >= 0.3 is 0 Å². The van der Waals surface area contributed by atoms with Crippen LogP contribution in [0.4, 0.5) is 14.5 Å². The number of anilines is 1. The van der Waals surface area contributed by atoms with Gasteiger partial charge in [0.2, 0.25) is 5.91 Å². The van der Waals surface area contributed by atoms with Crippen molar-refractivity contribution in [3.05, 3.63) is 29.8 Å². The predicted octanol–water partition coefficient (Wildman–Crippen LogP) is 4.26. The van der Waals surface area contributed by atoms with Gasteiger partial charge in [-0.25, -0.2) is 8.78 Å². The first-order chi connectivity index (χ1) is 9.13. The molecule has 0 atom stereocenters. The van der Waals surface area contributed by atoms with Crippen LogP contribution < -0.4 is 5.32 Å². The molecule has 0 bridgehead atoms. The fourth-order valence-electron chi connectivity index (χ4n) is 2.66. The van der Waals surface area contributed by atoms with Crippen molar-refractivity contribution in [3.63, 3.8) is 0 Å². The second-order valence-electron chi connectivity index (χ2n) is 5.25. The zero-order chi connectivity index (χ0) is 13.7. The van der Waals surface area contributed by atoms with E-state index in [2.05, 4.69) is 5.32 Å².